The average Bonchev–Trinajstić information content (AvgIpc) is 3.05. The number of likely N-dealkylation sites (tertiary alicyclic amines) is 1. The maximum atomic E-state index is 12.1. The van der Waals surface area contributed by atoms with Gasteiger partial charge in [-0.2, -0.15) is 4.98 Å². The van der Waals surface area contributed by atoms with Crippen molar-refractivity contribution in [3.8, 4) is 0 Å². The Balaban J connectivity index is 1.77. The molecule has 2 unspecified atom stereocenters. The molecule has 0 bridgehead atoms. The fraction of sp³-hybridized carbons (Fsp3) is 0.786. The molecule has 2 atom stereocenters. The van der Waals surface area contributed by atoms with Crippen LogP contribution in [0.15, 0.2) is 4.52 Å². The molecule has 0 spiro atoms. The lowest BCUT2D eigenvalue weighted by molar-refractivity contribution is -0.130. The lowest BCUT2D eigenvalue weighted by atomic mass is 10.0. The van der Waals surface area contributed by atoms with Crippen molar-refractivity contribution in [1.82, 2.24) is 15.0 Å². The second-order valence-electron chi connectivity index (χ2n) is 5.48. The van der Waals surface area contributed by atoms with Crippen LogP contribution in [0.2, 0.25) is 0 Å². The molecule has 1 aromatic rings. The number of rotatable bonds is 6. The Morgan fingerprint density at radius 1 is 1.55 bits per heavy atom. The molecule has 1 N–H and O–H groups in total. The van der Waals surface area contributed by atoms with Gasteiger partial charge in [0, 0.05) is 38.3 Å². The van der Waals surface area contributed by atoms with Crippen molar-refractivity contribution < 1.29 is 14.4 Å². The average molecular weight is 281 g/mol. The normalized spacial score (nSPS) is 20.4. The maximum Gasteiger partial charge on any atom is 0.227 e. The van der Waals surface area contributed by atoms with E-state index in [1.165, 1.54) is 0 Å². The van der Waals surface area contributed by atoms with Crippen LogP contribution < -0.4 is 0 Å². The third-order valence-electron chi connectivity index (χ3n) is 3.80. The van der Waals surface area contributed by atoms with Crippen molar-refractivity contribution >= 4 is 5.91 Å². The molecule has 0 radical (unpaired) electrons. The lowest BCUT2D eigenvalue weighted by Crippen LogP contribution is -2.30. The third kappa shape index (κ3) is 3.79. The largest absolute Gasteiger partial charge is 0.393 e. The van der Waals surface area contributed by atoms with E-state index in [0.717, 1.165) is 25.8 Å². The molecule has 0 aromatic carbocycles. The van der Waals surface area contributed by atoms with Crippen LogP contribution in [0.3, 0.4) is 0 Å². The molecule has 1 aliphatic rings. The van der Waals surface area contributed by atoms with Gasteiger partial charge in [0.05, 0.1) is 6.10 Å². The molecule has 1 aromatic heterocycles. The van der Waals surface area contributed by atoms with Gasteiger partial charge in [0.1, 0.15) is 0 Å². The van der Waals surface area contributed by atoms with Crippen molar-refractivity contribution in [2.24, 2.45) is 5.92 Å². The Hall–Kier alpha value is -1.43. The molecule has 20 heavy (non-hydrogen) atoms. The zero-order chi connectivity index (χ0) is 14.5. The number of amides is 1. The monoisotopic (exact) mass is 281 g/mol. The summed E-state index contributed by atoms with van der Waals surface area (Å²) in [6.45, 7) is 5.23. The van der Waals surface area contributed by atoms with Crippen LogP contribution in [-0.4, -0.2) is 45.2 Å². The first-order valence-corrected chi connectivity index (χ1v) is 7.37. The predicted molar refractivity (Wildman–Crippen MR) is 73.0 cm³/mol. The molecule has 1 amide bonds. The van der Waals surface area contributed by atoms with Gasteiger partial charge >= 0.3 is 0 Å². The van der Waals surface area contributed by atoms with Gasteiger partial charge < -0.3 is 14.5 Å². The predicted octanol–water partition coefficient (Wildman–Crippen LogP) is 1.18. The Morgan fingerprint density at radius 2 is 2.35 bits per heavy atom. The Morgan fingerprint density at radius 3 is 3.00 bits per heavy atom. The highest BCUT2D eigenvalue weighted by molar-refractivity contribution is 5.76. The van der Waals surface area contributed by atoms with Crippen LogP contribution in [0.25, 0.3) is 0 Å². The number of carbonyl (C=O) groups is 1. The molecule has 0 saturated carbocycles. The van der Waals surface area contributed by atoms with Crippen molar-refractivity contribution in [2.75, 3.05) is 13.1 Å². The molecule has 1 saturated heterocycles. The topological polar surface area (TPSA) is 79.5 Å². The number of aryl methyl sites for hydroxylation is 2. The molecule has 0 aliphatic carbocycles. The fourth-order valence-electron chi connectivity index (χ4n) is 2.50. The zero-order valence-electron chi connectivity index (χ0n) is 12.2. The molecular formula is C14H23N3O3. The minimum absolute atomic E-state index is 0.100. The lowest BCUT2D eigenvalue weighted by Gasteiger charge is -2.17. The number of aliphatic hydroxyl groups is 1. The van der Waals surface area contributed by atoms with Gasteiger partial charge in [-0.05, 0) is 19.8 Å². The fourth-order valence-corrected chi connectivity index (χ4v) is 2.50. The summed E-state index contributed by atoms with van der Waals surface area (Å²) < 4.78 is 5.12. The summed E-state index contributed by atoms with van der Waals surface area (Å²) in [7, 11) is 0. The van der Waals surface area contributed by atoms with Gasteiger partial charge in [-0.15, -0.1) is 0 Å². The van der Waals surface area contributed by atoms with E-state index in [1.54, 1.807) is 6.92 Å². The summed E-state index contributed by atoms with van der Waals surface area (Å²) in [6.07, 6.45) is 3.20. The first-order chi connectivity index (χ1) is 9.60. The van der Waals surface area contributed by atoms with Gasteiger partial charge in [-0.3, -0.25) is 4.79 Å². The minimum atomic E-state index is -0.347. The molecule has 1 aliphatic heterocycles. The van der Waals surface area contributed by atoms with E-state index in [1.807, 2.05) is 4.90 Å². The molecule has 2 heterocycles. The minimum Gasteiger partial charge on any atom is -0.393 e. The smallest absolute Gasteiger partial charge is 0.227 e. The van der Waals surface area contributed by atoms with Crippen LogP contribution in [0.4, 0.5) is 0 Å². The zero-order valence-corrected chi connectivity index (χ0v) is 12.2. The number of carbonyl (C=O) groups excluding carboxylic acids is 1. The third-order valence-corrected chi connectivity index (χ3v) is 3.80. The SMILES string of the molecule is CCCc1noc(CCC(=O)N2CCC(C(C)O)C2)n1. The van der Waals surface area contributed by atoms with E-state index in [4.69, 9.17) is 4.52 Å². The van der Waals surface area contributed by atoms with Crippen molar-refractivity contribution in [3.63, 3.8) is 0 Å². The maximum absolute atomic E-state index is 12.1. The van der Waals surface area contributed by atoms with Gasteiger partial charge in [0.15, 0.2) is 5.82 Å². The summed E-state index contributed by atoms with van der Waals surface area (Å²) in [5.74, 6) is 1.56. The van der Waals surface area contributed by atoms with Crippen LogP contribution >= 0.6 is 0 Å². The van der Waals surface area contributed by atoms with Gasteiger partial charge in [0.25, 0.3) is 0 Å². The first-order valence-electron chi connectivity index (χ1n) is 7.37. The molecule has 6 nitrogen and oxygen atoms in total. The van der Waals surface area contributed by atoms with E-state index >= 15 is 0 Å². The summed E-state index contributed by atoms with van der Waals surface area (Å²) in [6, 6.07) is 0. The molecule has 2 rings (SSSR count). The van der Waals surface area contributed by atoms with Crippen molar-refractivity contribution in [3.05, 3.63) is 11.7 Å². The summed E-state index contributed by atoms with van der Waals surface area (Å²) in [5.41, 5.74) is 0. The van der Waals surface area contributed by atoms with Crippen molar-refractivity contribution in [1.29, 1.82) is 0 Å². The highest BCUT2D eigenvalue weighted by Crippen LogP contribution is 2.20. The van der Waals surface area contributed by atoms with Crippen LogP contribution in [0, 0.1) is 5.92 Å². The standard InChI is InChI=1S/C14H23N3O3/c1-3-4-12-15-13(20-16-12)5-6-14(19)17-8-7-11(9-17)10(2)18/h10-11,18H,3-9H2,1-2H3. The number of hydrogen-bond acceptors (Lipinski definition) is 5. The van der Waals surface area contributed by atoms with E-state index in [9.17, 15) is 9.90 Å². The van der Waals surface area contributed by atoms with Crippen molar-refractivity contribution in [2.45, 2.75) is 52.1 Å². The van der Waals surface area contributed by atoms with Gasteiger partial charge in [-0.1, -0.05) is 12.1 Å². The number of hydrogen-bond donors (Lipinski definition) is 1. The number of aromatic nitrogens is 2. The van der Waals surface area contributed by atoms with Crippen LogP contribution in [0.5, 0.6) is 0 Å². The molecular weight excluding hydrogens is 258 g/mol. The molecule has 1 fully saturated rings. The summed E-state index contributed by atoms with van der Waals surface area (Å²) in [5, 5.41) is 13.4. The second-order valence-corrected chi connectivity index (χ2v) is 5.48. The summed E-state index contributed by atoms with van der Waals surface area (Å²) in [4.78, 5) is 18.1. The molecule has 112 valence electrons. The van der Waals surface area contributed by atoms with E-state index in [2.05, 4.69) is 17.1 Å². The molecule has 6 heteroatoms. The van der Waals surface area contributed by atoms with Gasteiger partial charge in [-0.25, -0.2) is 0 Å². The highest BCUT2D eigenvalue weighted by Gasteiger charge is 2.28. The van der Waals surface area contributed by atoms with E-state index in [-0.39, 0.29) is 17.9 Å². The Kier molecular flexibility index (Phi) is 5.11. The van der Waals surface area contributed by atoms with E-state index in [0.29, 0.717) is 31.1 Å². The number of aliphatic hydroxyl groups excluding tert-OH is 1. The number of nitrogens with zero attached hydrogens (tertiary/aromatic N) is 3. The quantitative estimate of drug-likeness (QED) is 0.847. The van der Waals surface area contributed by atoms with E-state index < -0.39 is 0 Å². The van der Waals surface area contributed by atoms with Crippen LogP contribution in [0.1, 0.15) is 44.8 Å². The summed E-state index contributed by atoms with van der Waals surface area (Å²) >= 11 is 0. The highest BCUT2D eigenvalue weighted by atomic mass is 16.5. The van der Waals surface area contributed by atoms with Gasteiger partial charge in [0.2, 0.25) is 11.8 Å². The second kappa shape index (κ2) is 6.83. The Bertz CT molecular complexity index is 445. The Labute approximate surface area is 119 Å². The van der Waals surface area contributed by atoms with Crippen LogP contribution in [-0.2, 0) is 17.6 Å². The first kappa shape index (κ1) is 15.0.